The van der Waals surface area contributed by atoms with Gasteiger partial charge < -0.3 is 9.47 Å². The summed E-state index contributed by atoms with van der Waals surface area (Å²) in [5, 5.41) is 0. The van der Waals surface area contributed by atoms with Crippen molar-refractivity contribution in [2.75, 3.05) is 11.9 Å². The number of benzene rings is 1. The lowest BCUT2D eigenvalue weighted by atomic mass is 10.2. The zero-order valence-electron chi connectivity index (χ0n) is 13.2. The molecule has 0 aliphatic rings. The molecule has 0 fully saturated rings. The Labute approximate surface area is 134 Å². The average Bonchev–Trinajstić information content (AvgIpc) is 2.89. The Kier molecular flexibility index (Phi) is 3.93. The van der Waals surface area contributed by atoms with E-state index in [1.54, 1.807) is 13.2 Å². The minimum absolute atomic E-state index is 0.169. The molecule has 0 N–H and O–H groups in total. The second-order valence-electron chi connectivity index (χ2n) is 5.37. The lowest BCUT2D eigenvalue weighted by Crippen LogP contribution is -2.23. The van der Waals surface area contributed by atoms with E-state index in [-0.39, 0.29) is 5.91 Å². The van der Waals surface area contributed by atoms with E-state index in [0.717, 1.165) is 17.0 Å². The molecule has 2 heterocycles. The summed E-state index contributed by atoms with van der Waals surface area (Å²) in [6.45, 7) is 6.19. The van der Waals surface area contributed by atoms with E-state index in [1.807, 2.05) is 31.2 Å². The number of anilines is 1. The summed E-state index contributed by atoms with van der Waals surface area (Å²) in [7, 11) is 1.71. The second-order valence-corrected chi connectivity index (χ2v) is 5.37. The van der Waals surface area contributed by atoms with Gasteiger partial charge in [-0.1, -0.05) is 36.9 Å². The summed E-state index contributed by atoms with van der Waals surface area (Å²) in [5.41, 5.74) is 3.50. The van der Waals surface area contributed by atoms with Gasteiger partial charge in [0.15, 0.2) is 5.65 Å². The highest BCUT2D eigenvalue weighted by Crippen LogP contribution is 2.21. The Morgan fingerprint density at radius 2 is 2.09 bits per heavy atom. The molecule has 3 aromatic rings. The van der Waals surface area contributed by atoms with E-state index < -0.39 is 0 Å². The van der Waals surface area contributed by atoms with Gasteiger partial charge in [0.2, 0.25) is 5.91 Å². The van der Waals surface area contributed by atoms with Crippen molar-refractivity contribution in [2.24, 2.45) is 0 Å². The van der Waals surface area contributed by atoms with Gasteiger partial charge >= 0.3 is 0 Å². The van der Waals surface area contributed by atoms with Crippen molar-refractivity contribution < 1.29 is 4.79 Å². The van der Waals surface area contributed by atoms with Crippen molar-refractivity contribution in [1.82, 2.24) is 14.5 Å². The number of rotatable bonds is 4. The standard InChI is InChI=1S/C18H18N4O/c1-4-17(23)21(3)15-10-16-18(19-11-15)20-13(2)22(16)12-14-8-6-5-7-9-14/h4-11H,1,12H2,2-3H3. The zero-order chi connectivity index (χ0) is 16.4. The summed E-state index contributed by atoms with van der Waals surface area (Å²) in [5.74, 6) is 0.725. The summed E-state index contributed by atoms with van der Waals surface area (Å²) >= 11 is 0. The molecule has 5 heteroatoms. The third kappa shape index (κ3) is 2.85. The number of likely N-dealkylation sites (N-methyl/N-ethyl adjacent to an activating group) is 1. The third-order valence-corrected chi connectivity index (χ3v) is 3.86. The molecule has 1 aromatic carbocycles. The molecular formula is C18H18N4O. The first-order valence-electron chi connectivity index (χ1n) is 7.37. The van der Waals surface area contributed by atoms with Crippen LogP contribution in [-0.2, 0) is 11.3 Å². The Morgan fingerprint density at radius 1 is 1.35 bits per heavy atom. The van der Waals surface area contributed by atoms with E-state index in [9.17, 15) is 4.79 Å². The van der Waals surface area contributed by atoms with Crippen LogP contribution >= 0.6 is 0 Å². The highest BCUT2D eigenvalue weighted by atomic mass is 16.2. The summed E-state index contributed by atoms with van der Waals surface area (Å²) < 4.78 is 2.10. The van der Waals surface area contributed by atoms with E-state index in [2.05, 4.69) is 33.2 Å². The van der Waals surface area contributed by atoms with Crippen LogP contribution in [0.4, 0.5) is 5.69 Å². The van der Waals surface area contributed by atoms with Crippen LogP contribution in [0.3, 0.4) is 0 Å². The molecule has 0 saturated heterocycles. The quantitative estimate of drug-likeness (QED) is 0.696. The molecule has 1 amide bonds. The van der Waals surface area contributed by atoms with E-state index in [1.165, 1.54) is 16.5 Å². The fraction of sp³-hybridized carbons (Fsp3) is 0.167. The van der Waals surface area contributed by atoms with E-state index in [4.69, 9.17) is 0 Å². The van der Waals surface area contributed by atoms with Crippen molar-refractivity contribution in [2.45, 2.75) is 13.5 Å². The number of hydrogen-bond donors (Lipinski definition) is 0. The highest BCUT2D eigenvalue weighted by molar-refractivity contribution is 6.01. The maximum absolute atomic E-state index is 11.8. The molecule has 0 saturated carbocycles. The van der Waals surface area contributed by atoms with Crippen LogP contribution in [0.25, 0.3) is 11.2 Å². The van der Waals surface area contributed by atoms with Crippen LogP contribution in [0.5, 0.6) is 0 Å². The second kappa shape index (κ2) is 6.04. The number of nitrogens with zero attached hydrogens (tertiary/aromatic N) is 4. The molecule has 0 radical (unpaired) electrons. The van der Waals surface area contributed by atoms with Crippen molar-refractivity contribution in [3.8, 4) is 0 Å². The lowest BCUT2D eigenvalue weighted by molar-refractivity contribution is -0.113. The number of pyridine rings is 1. The molecule has 0 aliphatic heterocycles. The largest absolute Gasteiger partial charge is 0.322 e. The van der Waals surface area contributed by atoms with Crippen molar-refractivity contribution in [3.63, 3.8) is 0 Å². The molecule has 5 nitrogen and oxygen atoms in total. The van der Waals surface area contributed by atoms with Gasteiger partial charge in [-0.25, -0.2) is 9.97 Å². The van der Waals surface area contributed by atoms with Gasteiger partial charge in [-0.3, -0.25) is 4.79 Å². The molecule has 0 aliphatic carbocycles. The Balaban J connectivity index is 2.05. The SMILES string of the molecule is C=CC(=O)N(C)c1cnc2nc(C)n(Cc3ccccc3)c2c1. The fourth-order valence-electron chi connectivity index (χ4n) is 2.52. The van der Waals surface area contributed by atoms with Gasteiger partial charge in [0.05, 0.1) is 17.4 Å². The number of aromatic nitrogens is 3. The topological polar surface area (TPSA) is 51.0 Å². The highest BCUT2D eigenvalue weighted by Gasteiger charge is 2.13. The van der Waals surface area contributed by atoms with Crippen LogP contribution in [0, 0.1) is 6.92 Å². The number of fused-ring (bicyclic) bond motifs is 1. The van der Waals surface area contributed by atoms with Crippen LogP contribution < -0.4 is 4.90 Å². The van der Waals surface area contributed by atoms with Gasteiger partial charge in [0.1, 0.15) is 5.82 Å². The lowest BCUT2D eigenvalue weighted by Gasteiger charge is -2.15. The predicted molar refractivity (Wildman–Crippen MR) is 91.4 cm³/mol. The summed E-state index contributed by atoms with van der Waals surface area (Å²) in [6, 6.07) is 12.1. The number of carbonyl (C=O) groups is 1. The molecular weight excluding hydrogens is 288 g/mol. The monoisotopic (exact) mass is 306 g/mol. The van der Waals surface area contributed by atoms with Crippen LogP contribution in [0.2, 0.25) is 0 Å². The Hall–Kier alpha value is -2.95. The smallest absolute Gasteiger partial charge is 0.250 e. The fourth-order valence-corrected chi connectivity index (χ4v) is 2.52. The minimum atomic E-state index is -0.169. The summed E-state index contributed by atoms with van der Waals surface area (Å²) in [6.07, 6.45) is 2.94. The third-order valence-electron chi connectivity index (χ3n) is 3.86. The zero-order valence-corrected chi connectivity index (χ0v) is 13.2. The number of aryl methyl sites for hydroxylation is 1. The predicted octanol–water partition coefficient (Wildman–Crippen LogP) is 2.94. The van der Waals surface area contributed by atoms with Crippen molar-refractivity contribution >= 4 is 22.8 Å². The number of amides is 1. The van der Waals surface area contributed by atoms with Crippen LogP contribution in [0.1, 0.15) is 11.4 Å². The normalized spacial score (nSPS) is 10.7. The molecule has 0 unspecified atom stereocenters. The summed E-state index contributed by atoms with van der Waals surface area (Å²) in [4.78, 5) is 22.2. The molecule has 0 bridgehead atoms. The molecule has 0 atom stereocenters. The number of carbonyl (C=O) groups excluding carboxylic acids is 1. The molecule has 116 valence electrons. The molecule has 2 aromatic heterocycles. The van der Waals surface area contributed by atoms with Crippen molar-refractivity contribution in [1.29, 1.82) is 0 Å². The molecule has 0 spiro atoms. The number of hydrogen-bond acceptors (Lipinski definition) is 3. The van der Waals surface area contributed by atoms with Crippen molar-refractivity contribution in [3.05, 3.63) is 66.6 Å². The Bertz CT molecular complexity index is 867. The van der Waals surface area contributed by atoms with Crippen LogP contribution in [0.15, 0.2) is 55.3 Å². The first-order valence-corrected chi connectivity index (χ1v) is 7.37. The minimum Gasteiger partial charge on any atom is -0.322 e. The van der Waals surface area contributed by atoms with E-state index >= 15 is 0 Å². The first kappa shape index (κ1) is 15.0. The molecule has 3 rings (SSSR count). The van der Waals surface area contributed by atoms with Gasteiger partial charge in [-0.15, -0.1) is 0 Å². The Morgan fingerprint density at radius 3 is 2.78 bits per heavy atom. The maximum Gasteiger partial charge on any atom is 0.250 e. The number of imidazole rings is 1. The first-order chi connectivity index (χ1) is 11.1. The van der Waals surface area contributed by atoms with Gasteiger partial charge in [0.25, 0.3) is 0 Å². The van der Waals surface area contributed by atoms with Gasteiger partial charge in [-0.2, -0.15) is 0 Å². The van der Waals surface area contributed by atoms with Gasteiger partial charge in [-0.05, 0) is 24.6 Å². The molecule has 23 heavy (non-hydrogen) atoms. The average molecular weight is 306 g/mol. The van der Waals surface area contributed by atoms with Gasteiger partial charge in [0, 0.05) is 13.6 Å². The van der Waals surface area contributed by atoms with Crippen LogP contribution in [-0.4, -0.2) is 27.5 Å². The maximum atomic E-state index is 11.8. The van der Waals surface area contributed by atoms with E-state index in [0.29, 0.717) is 12.2 Å².